The molecule has 0 aliphatic carbocycles. The van der Waals surface area contributed by atoms with Gasteiger partial charge in [0.2, 0.25) is 0 Å². The standard InChI is InChI=1S/C19H16O2/c1-14(15-7-3-2-4-8-15)21-19(20)18-12-11-16-9-5-6-10-17(16)13-18/h2-14H,1H3/t14-/m1/s1/i20+2. The zero-order valence-corrected chi connectivity index (χ0v) is 11.8. The molecule has 0 N–H and O–H groups in total. The zero-order chi connectivity index (χ0) is 14.7. The third-order valence-corrected chi connectivity index (χ3v) is 3.54. The molecule has 0 saturated carbocycles. The van der Waals surface area contributed by atoms with E-state index in [1.165, 1.54) is 0 Å². The second-order valence-electron chi connectivity index (χ2n) is 5.02. The first-order valence-corrected chi connectivity index (χ1v) is 6.99. The Hall–Kier alpha value is -2.61. The van der Waals surface area contributed by atoms with Crippen LogP contribution < -0.4 is 0 Å². The van der Waals surface area contributed by atoms with Crippen molar-refractivity contribution in [2.45, 2.75) is 13.0 Å². The molecular formula is C19H16O2. The number of carbonyl (C=O) groups excluding carboxylic acids is 1. The van der Waals surface area contributed by atoms with Crippen LogP contribution in [-0.2, 0) is 4.74 Å². The van der Waals surface area contributed by atoms with Crippen molar-refractivity contribution in [3.8, 4) is 0 Å². The van der Waals surface area contributed by atoms with E-state index in [9.17, 15) is 4.79 Å². The number of benzene rings is 3. The van der Waals surface area contributed by atoms with Crippen LogP contribution in [0.1, 0.15) is 28.9 Å². The molecule has 0 aromatic heterocycles. The molecule has 0 bridgehead atoms. The van der Waals surface area contributed by atoms with Crippen molar-refractivity contribution in [1.82, 2.24) is 0 Å². The molecule has 3 aromatic rings. The molecule has 104 valence electrons. The largest absolute Gasteiger partial charge is 0.454 e. The number of hydrogen-bond donors (Lipinski definition) is 0. The summed E-state index contributed by atoms with van der Waals surface area (Å²) in [5, 5.41) is 2.16. The van der Waals surface area contributed by atoms with E-state index in [1.807, 2.05) is 79.7 Å². The van der Waals surface area contributed by atoms with E-state index >= 15 is 0 Å². The van der Waals surface area contributed by atoms with Gasteiger partial charge in [0.25, 0.3) is 0 Å². The van der Waals surface area contributed by atoms with Gasteiger partial charge in [-0.2, -0.15) is 0 Å². The number of rotatable bonds is 3. The Morgan fingerprint density at radius 2 is 1.52 bits per heavy atom. The Morgan fingerprint density at radius 3 is 2.29 bits per heavy atom. The van der Waals surface area contributed by atoms with Gasteiger partial charge in [-0.1, -0.05) is 60.7 Å². The normalized spacial score (nSPS) is 12.0. The van der Waals surface area contributed by atoms with E-state index in [0.717, 1.165) is 16.3 Å². The van der Waals surface area contributed by atoms with Crippen LogP contribution in [-0.4, -0.2) is 5.97 Å². The maximum Gasteiger partial charge on any atom is 0.338 e. The van der Waals surface area contributed by atoms with Crippen LogP contribution in [0.2, 0.25) is 0 Å². The fourth-order valence-electron chi connectivity index (χ4n) is 2.34. The number of carbonyl (C=O) groups is 1. The smallest absolute Gasteiger partial charge is 0.338 e. The lowest BCUT2D eigenvalue weighted by Gasteiger charge is -2.13. The molecule has 2 nitrogen and oxygen atoms in total. The van der Waals surface area contributed by atoms with Crippen molar-refractivity contribution in [3.05, 3.63) is 83.9 Å². The van der Waals surface area contributed by atoms with Gasteiger partial charge in [0.15, 0.2) is 0 Å². The van der Waals surface area contributed by atoms with Crippen LogP contribution in [0.4, 0.5) is 0 Å². The first-order valence-electron chi connectivity index (χ1n) is 6.99. The summed E-state index contributed by atoms with van der Waals surface area (Å²) >= 11 is 0. The molecule has 3 aromatic carbocycles. The van der Waals surface area contributed by atoms with Gasteiger partial charge in [-0.15, -0.1) is 0 Å². The monoisotopic (exact) mass is 278 g/mol. The van der Waals surface area contributed by atoms with Crippen molar-refractivity contribution in [1.29, 1.82) is 0 Å². The third kappa shape index (κ3) is 2.95. The molecule has 0 fully saturated rings. The highest BCUT2D eigenvalue weighted by Crippen LogP contribution is 2.20. The molecule has 2 heteroatoms. The quantitative estimate of drug-likeness (QED) is 0.510. The molecule has 1 atom stereocenters. The Bertz CT molecular complexity index is 763. The Kier molecular flexibility index (Phi) is 3.69. The van der Waals surface area contributed by atoms with E-state index in [2.05, 4.69) is 0 Å². The minimum absolute atomic E-state index is 0.259. The summed E-state index contributed by atoms with van der Waals surface area (Å²) in [5.41, 5.74) is 1.57. The maximum absolute atomic E-state index is 12.2. The molecule has 0 spiro atoms. The first-order chi connectivity index (χ1) is 10.2. The van der Waals surface area contributed by atoms with E-state index in [4.69, 9.17) is 4.74 Å². The fraction of sp³-hybridized carbons (Fsp3) is 0.105. The van der Waals surface area contributed by atoms with E-state index in [-0.39, 0.29) is 12.1 Å². The molecule has 0 aliphatic rings. The topological polar surface area (TPSA) is 26.3 Å². The van der Waals surface area contributed by atoms with Crippen molar-refractivity contribution in [2.75, 3.05) is 0 Å². The molecule has 0 heterocycles. The van der Waals surface area contributed by atoms with Gasteiger partial charge < -0.3 is 4.74 Å². The molecule has 0 amide bonds. The average Bonchev–Trinajstić information content (AvgIpc) is 2.55. The van der Waals surface area contributed by atoms with Gasteiger partial charge >= 0.3 is 5.97 Å². The zero-order valence-electron chi connectivity index (χ0n) is 11.8. The van der Waals surface area contributed by atoms with Crippen LogP contribution in [0.3, 0.4) is 0 Å². The van der Waals surface area contributed by atoms with Crippen molar-refractivity contribution >= 4 is 16.7 Å². The number of esters is 1. The predicted molar refractivity (Wildman–Crippen MR) is 84.2 cm³/mol. The highest BCUT2D eigenvalue weighted by atomic mass is 18.1. The molecule has 0 unspecified atom stereocenters. The van der Waals surface area contributed by atoms with Crippen molar-refractivity contribution in [3.63, 3.8) is 0 Å². The van der Waals surface area contributed by atoms with Crippen LogP contribution >= 0.6 is 0 Å². The first kappa shape index (κ1) is 13.4. The summed E-state index contributed by atoms with van der Waals surface area (Å²) in [6, 6.07) is 23.3. The Morgan fingerprint density at radius 1 is 0.857 bits per heavy atom. The van der Waals surface area contributed by atoms with E-state index < -0.39 is 0 Å². The van der Waals surface area contributed by atoms with Crippen molar-refractivity contribution < 1.29 is 9.53 Å². The lowest BCUT2D eigenvalue weighted by atomic mass is 10.1. The lowest BCUT2D eigenvalue weighted by Crippen LogP contribution is -2.09. The Labute approximate surface area is 124 Å². The summed E-state index contributed by atoms with van der Waals surface area (Å²) in [7, 11) is 0. The minimum atomic E-state index is -0.294. The molecule has 0 radical (unpaired) electrons. The fourth-order valence-corrected chi connectivity index (χ4v) is 2.34. The third-order valence-electron chi connectivity index (χ3n) is 3.54. The summed E-state index contributed by atoms with van der Waals surface area (Å²) in [6.07, 6.45) is -0.259. The number of fused-ring (bicyclic) bond motifs is 1. The molecule has 21 heavy (non-hydrogen) atoms. The van der Waals surface area contributed by atoms with E-state index in [1.54, 1.807) is 0 Å². The number of ether oxygens (including phenoxy) is 1. The minimum Gasteiger partial charge on any atom is -0.454 e. The Balaban J connectivity index is 1.80. The van der Waals surface area contributed by atoms with E-state index in [0.29, 0.717) is 5.56 Å². The molecule has 0 saturated heterocycles. The van der Waals surface area contributed by atoms with Crippen molar-refractivity contribution in [2.24, 2.45) is 0 Å². The number of hydrogen-bond acceptors (Lipinski definition) is 2. The van der Waals surface area contributed by atoms with Gasteiger partial charge in [-0.05, 0) is 35.4 Å². The molecular weight excluding hydrogens is 262 g/mol. The maximum atomic E-state index is 12.2. The second-order valence-corrected chi connectivity index (χ2v) is 5.02. The SMILES string of the molecule is C[C@@H](OC(=[18O])c1ccc2ccccc2c1)c1ccccc1. The van der Waals surface area contributed by atoms with Gasteiger partial charge in [0.05, 0.1) is 5.56 Å². The highest BCUT2D eigenvalue weighted by Gasteiger charge is 2.13. The summed E-state index contributed by atoms with van der Waals surface area (Å²) in [5.74, 6) is -0.294. The van der Waals surface area contributed by atoms with Crippen LogP contribution in [0.25, 0.3) is 10.8 Å². The van der Waals surface area contributed by atoms with Gasteiger partial charge in [-0.25, -0.2) is 4.79 Å². The summed E-state index contributed by atoms with van der Waals surface area (Å²) in [6.45, 7) is 1.88. The van der Waals surface area contributed by atoms with Gasteiger partial charge in [0.1, 0.15) is 6.10 Å². The second kappa shape index (κ2) is 5.80. The molecule has 3 rings (SSSR count). The van der Waals surface area contributed by atoms with Crippen LogP contribution in [0, 0.1) is 0 Å². The highest BCUT2D eigenvalue weighted by molar-refractivity contribution is 5.95. The lowest BCUT2D eigenvalue weighted by molar-refractivity contribution is 0.0338. The summed E-state index contributed by atoms with van der Waals surface area (Å²) < 4.78 is 5.53. The van der Waals surface area contributed by atoms with Crippen LogP contribution in [0.15, 0.2) is 72.8 Å². The summed E-state index contributed by atoms with van der Waals surface area (Å²) in [4.78, 5) is 12.2. The predicted octanol–water partition coefficient (Wildman–Crippen LogP) is 4.76. The van der Waals surface area contributed by atoms with Gasteiger partial charge in [0, 0.05) is 0 Å². The van der Waals surface area contributed by atoms with Gasteiger partial charge in [-0.3, -0.25) is 0 Å². The molecule has 0 aliphatic heterocycles. The van der Waals surface area contributed by atoms with Crippen LogP contribution in [0.5, 0.6) is 0 Å². The average molecular weight is 278 g/mol.